The van der Waals surface area contributed by atoms with E-state index >= 15 is 0 Å². The predicted molar refractivity (Wildman–Crippen MR) is 60.5 cm³/mol. The van der Waals surface area contributed by atoms with Crippen molar-refractivity contribution in [1.29, 1.82) is 0 Å². The molecule has 1 radical (unpaired) electrons. The van der Waals surface area contributed by atoms with Gasteiger partial charge in [0.1, 0.15) is 5.75 Å². The lowest BCUT2D eigenvalue weighted by molar-refractivity contribution is 0.282. The fraction of sp³-hybridized carbons (Fsp3) is 0.364. The van der Waals surface area contributed by atoms with Gasteiger partial charge in [0, 0.05) is 12.5 Å². The summed E-state index contributed by atoms with van der Waals surface area (Å²) in [5.74, 6) is 0.703. The zero-order valence-electron chi connectivity index (χ0n) is 8.16. The van der Waals surface area contributed by atoms with E-state index in [9.17, 15) is 0 Å². The topological polar surface area (TPSA) is 29.5 Å². The zero-order valence-corrected chi connectivity index (χ0v) is 9.75. The van der Waals surface area contributed by atoms with E-state index in [0.29, 0.717) is 6.61 Å². The maximum atomic E-state index is 8.96. The summed E-state index contributed by atoms with van der Waals surface area (Å²) in [4.78, 5) is 0. The van der Waals surface area contributed by atoms with Gasteiger partial charge in [-0.25, -0.2) is 0 Å². The molecule has 0 fully saturated rings. The molecule has 0 saturated carbocycles. The van der Waals surface area contributed by atoms with Gasteiger partial charge in [0.25, 0.3) is 0 Å². The van der Waals surface area contributed by atoms with Crippen molar-refractivity contribution in [3.8, 4) is 5.75 Å². The summed E-state index contributed by atoms with van der Waals surface area (Å²) in [6.07, 6.45) is 0. The molecule has 1 rings (SSSR count). The molecule has 14 heavy (non-hydrogen) atoms. The predicted octanol–water partition coefficient (Wildman–Crippen LogP) is 2.76. The molecule has 1 atom stereocenters. The van der Waals surface area contributed by atoms with E-state index in [1.54, 1.807) is 0 Å². The minimum absolute atomic E-state index is 0.0488. The molecule has 0 amide bonds. The Morgan fingerprint density at radius 1 is 1.57 bits per heavy atom. The molecule has 1 aromatic rings. The Labute approximate surface area is 93.0 Å². The Balaban J connectivity index is 2.93. The van der Waals surface area contributed by atoms with Gasteiger partial charge in [0.05, 0.1) is 11.1 Å². The van der Waals surface area contributed by atoms with E-state index in [1.165, 1.54) is 0 Å². The molecule has 0 heterocycles. The molecule has 0 aliphatic carbocycles. The second-order valence-electron chi connectivity index (χ2n) is 3.00. The number of benzene rings is 1. The lowest BCUT2D eigenvalue weighted by Gasteiger charge is -2.11. The highest BCUT2D eigenvalue weighted by Crippen LogP contribution is 2.28. The Morgan fingerprint density at radius 2 is 2.29 bits per heavy atom. The molecule has 0 spiro atoms. The van der Waals surface area contributed by atoms with Crippen LogP contribution in [0.15, 0.2) is 22.7 Å². The number of halogens is 1. The van der Waals surface area contributed by atoms with Gasteiger partial charge in [0.15, 0.2) is 0 Å². The van der Waals surface area contributed by atoms with Crippen molar-refractivity contribution in [1.82, 2.24) is 0 Å². The smallest absolute Gasteiger partial charge is 0.133 e. The maximum Gasteiger partial charge on any atom is 0.133 e. The van der Waals surface area contributed by atoms with Crippen molar-refractivity contribution in [3.63, 3.8) is 0 Å². The molecule has 0 bridgehead atoms. The number of aliphatic hydroxyl groups is 1. The summed E-state index contributed by atoms with van der Waals surface area (Å²) in [7, 11) is 0. The molecule has 0 aliphatic heterocycles. The van der Waals surface area contributed by atoms with Crippen LogP contribution in [-0.2, 0) is 0 Å². The SMILES string of the molecule is [CH2]C(CO)c1ccc(Br)c(OCC)c1. The van der Waals surface area contributed by atoms with Crippen molar-refractivity contribution in [2.45, 2.75) is 12.8 Å². The molecule has 0 aliphatic rings. The van der Waals surface area contributed by atoms with E-state index in [2.05, 4.69) is 22.9 Å². The van der Waals surface area contributed by atoms with E-state index in [0.717, 1.165) is 15.8 Å². The monoisotopic (exact) mass is 257 g/mol. The van der Waals surface area contributed by atoms with Gasteiger partial charge in [0.2, 0.25) is 0 Å². The highest BCUT2D eigenvalue weighted by atomic mass is 79.9. The van der Waals surface area contributed by atoms with Crippen molar-refractivity contribution in [3.05, 3.63) is 35.2 Å². The fourth-order valence-corrected chi connectivity index (χ4v) is 1.51. The van der Waals surface area contributed by atoms with Crippen molar-refractivity contribution < 1.29 is 9.84 Å². The normalized spacial score (nSPS) is 12.6. The van der Waals surface area contributed by atoms with Crippen LogP contribution in [0.4, 0.5) is 0 Å². The molecule has 1 unspecified atom stereocenters. The lowest BCUT2D eigenvalue weighted by atomic mass is 10.0. The van der Waals surface area contributed by atoms with Crippen LogP contribution >= 0.6 is 15.9 Å². The Morgan fingerprint density at radius 3 is 2.86 bits per heavy atom. The van der Waals surface area contributed by atoms with Crippen LogP contribution in [0.1, 0.15) is 18.4 Å². The van der Waals surface area contributed by atoms with Crippen molar-refractivity contribution in [2.24, 2.45) is 0 Å². The standard InChI is InChI=1S/C11H14BrO2/c1-3-14-11-6-9(8(2)7-13)4-5-10(11)12/h4-6,8,13H,2-3,7H2,1H3. The highest BCUT2D eigenvalue weighted by Gasteiger charge is 2.07. The summed E-state index contributed by atoms with van der Waals surface area (Å²) in [5, 5.41) is 8.96. The zero-order chi connectivity index (χ0) is 10.6. The minimum Gasteiger partial charge on any atom is -0.493 e. The average molecular weight is 258 g/mol. The number of hydrogen-bond acceptors (Lipinski definition) is 2. The molecule has 0 saturated heterocycles. The third kappa shape index (κ3) is 2.72. The number of ether oxygens (including phenoxy) is 1. The summed E-state index contributed by atoms with van der Waals surface area (Å²) in [6.45, 7) is 6.45. The molecular weight excluding hydrogens is 244 g/mol. The van der Waals surface area contributed by atoms with Crippen LogP contribution in [0.3, 0.4) is 0 Å². The van der Waals surface area contributed by atoms with Gasteiger partial charge in [-0.2, -0.15) is 0 Å². The molecule has 77 valence electrons. The first-order valence-electron chi connectivity index (χ1n) is 4.55. The van der Waals surface area contributed by atoms with Crippen LogP contribution in [0.5, 0.6) is 5.75 Å². The van der Waals surface area contributed by atoms with Crippen LogP contribution in [0.2, 0.25) is 0 Å². The molecule has 1 N–H and O–H groups in total. The first kappa shape index (κ1) is 11.5. The van der Waals surface area contributed by atoms with E-state index in [1.807, 2.05) is 25.1 Å². The van der Waals surface area contributed by atoms with Crippen LogP contribution in [0, 0.1) is 6.92 Å². The Kier molecular flexibility index (Phi) is 4.42. The van der Waals surface area contributed by atoms with Crippen LogP contribution < -0.4 is 4.74 Å². The molecule has 0 aromatic heterocycles. The summed E-state index contributed by atoms with van der Waals surface area (Å²) < 4.78 is 6.34. The Bertz CT molecular complexity index is 299. The third-order valence-corrected chi connectivity index (χ3v) is 2.60. The summed E-state index contributed by atoms with van der Waals surface area (Å²) in [5.41, 5.74) is 0.985. The fourth-order valence-electron chi connectivity index (χ4n) is 1.15. The van der Waals surface area contributed by atoms with Gasteiger partial charge in [-0.15, -0.1) is 0 Å². The van der Waals surface area contributed by atoms with Crippen LogP contribution in [-0.4, -0.2) is 18.3 Å². The third-order valence-electron chi connectivity index (χ3n) is 1.95. The second kappa shape index (κ2) is 5.37. The summed E-state index contributed by atoms with van der Waals surface area (Å²) >= 11 is 3.39. The largest absolute Gasteiger partial charge is 0.493 e. The first-order valence-corrected chi connectivity index (χ1v) is 5.34. The Hall–Kier alpha value is -0.540. The van der Waals surface area contributed by atoms with Crippen LogP contribution in [0.25, 0.3) is 0 Å². The number of rotatable bonds is 4. The number of aliphatic hydroxyl groups excluding tert-OH is 1. The van der Waals surface area contributed by atoms with Gasteiger partial charge in [-0.3, -0.25) is 0 Å². The van der Waals surface area contributed by atoms with Gasteiger partial charge in [-0.05, 0) is 47.5 Å². The quantitative estimate of drug-likeness (QED) is 0.899. The second-order valence-corrected chi connectivity index (χ2v) is 3.86. The van der Waals surface area contributed by atoms with Gasteiger partial charge in [-0.1, -0.05) is 6.07 Å². The number of hydrogen-bond donors (Lipinski definition) is 1. The van der Waals surface area contributed by atoms with Crippen molar-refractivity contribution in [2.75, 3.05) is 13.2 Å². The van der Waals surface area contributed by atoms with E-state index in [4.69, 9.17) is 9.84 Å². The average Bonchev–Trinajstić information content (AvgIpc) is 2.20. The molecule has 2 nitrogen and oxygen atoms in total. The molecule has 3 heteroatoms. The van der Waals surface area contributed by atoms with Gasteiger partial charge < -0.3 is 9.84 Å². The van der Waals surface area contributed by atoms with Gasteiger partial charge >= 0.3 is 0 Å². The molecular formula is C11H14BrO2. The molecule has 1 aromatic carbocycles. The van der Waals surface area contributed by atoms with E-state index in [-0.39, 0.29) is 12.5 Å². The highest BCUT2D eigenvalue weighted by molar-refractivity contribution is 9.10. The maximum absolute atomic E-state index is 8.96. The van der Waals surface area contributed by atoms with Crippen molar-refractivity contribution >= 4 is 15.9 Å². The summed E-state index contributed by atoms with van der Waals surface area (Å²) in [6, 6.07) is 5.75. The minimum atomic E-state index is -0.0951. The first-order chi connectivity index (χ1) is 6.69. The lowest BCUT2D eigenvalue weighted by Crippen LogP contribution is -2.00. The van der Waals surface area contributed by atoms with E-state index < -0.39 is 0 Å².